The van der Waals surface area contributed by atoms with Crippen LogP contribution in [0.3, 0.4) is 0 Å². The SMILES string of the molecule is CCCn1nc(C)c([N+](=O)[O-])c1N(C)CC1CNCCO1. The van der Waals surface area contributed by atoms with Crippen LogP contribution in [0.5, 0.6) is 0 Å². The maximum absolute atomic E-state index is 11.3. The first kappa shape index (κ1) is 15.7. The number of hydrogen-bond donors (Lipinski definition) is 1. The van der Waals surface area contributed by atoms with Crippen molar-refractivity contribution < 1.29 is 9.66 Å². The zero-order chi connectivity index (χ0) is 15.4. The fraction of sp³-hybridized carbons (Fsp3) is 0.769. The molecule has 118 valence electrons. The summed E-state index contributed by atoms with van der Waals surface area (Å²) >= 11 is 0. The van der Waals surface area contributed by atoms with Gasteiger partial charge in [0.1, 0.15) is 5.69 Å². The van der Waals surface area contributed by atoms with Crippen molar-refractivity contribution >= 4 is 11.5 Å². The van der Waals surface area contributed by atoms with Gasteiger partial charge in [-0.2, -0.15) is 5.10 Å². The predicted octanol–water partition coefficient (Wildman–Crippen LogP) is 0.934. The van der Waals surface area contributed by atoms with Gasteiger partial charge in [0.05, 0.1) is 17.6 Å². The minimum atomic E-state index is -0.347. The Bertz CT molecular complexity index is 496. The molecule has 0 aliphatic carbocycles. The van der Waals surface area contributed by atoms with Crippen molar-refractivity contribution in [3.05, 3.63) is 15.8 Å². The molecule has 8 heteroatoms. The highest BCUT2D eigenvalue weighted by atomic mass is 16.6. The van der Waals surface area contributed by atoms with Crippen LogP contribution in [-0.2, 0) is 11.3 Å². The Morgan fingerprint density at radius 3 is 2.95 bits per heavy atom. The fourth-order valence-electron chi connectivity index (χ4n) is 2.65. The second kappa shape index (κ2) is 6.86. The highest BCUT2D eigenvalue weighted by Crippen LogP contribution is 2.31. The van der Waals surface area contributed by atoms with Gasteiger partial charge in [-0.3, -0.25) is 10.1 Å². The average molecular weight is 297 g/mol. The summed E-state index contributed by atoms with van der Waals surface area (Å²) in [6, 6.07) is 0. The Kier molecular flexibility index (Phi) is 5.13. The van der Waals surface area contributed by atoms with Gasteiger partial charge >= 0.3 is 5.69 Å². The number of nitro groups is 1. The van der Waals surface area contributed by atoms with Gasteiger partial charge in [-0.25, -0.2) is 4.68 Å². The third-order valence-electron chi connectivity index (χ3n) is 3.53. The number of likely N-dealkylation sites (N-methyl/N-ethyl adjacent to an activating group) is 1. The molecule has 1 atom stereocenters. The van der Waals surface area contributed by atoms with Crippen molar-refractivity contribution in [2.75, 3.05) is 38.2 Å². The molecule has 0 saturated carbocycles. The number of anilines is 1. The smallest absolute Gasteiger partial charge is 0.333 e. The highest BCUT2D eigenvalue weighted by Gasteiger charge is 2.29. The van der Waals surface area contributed by atoms with Crippen LogP contribution in [0.1, 0.15) is 19.0 Å². The summed E-state index contributed by atoms with van der Waals surface area (Å²) in [6.45, 7) is 7.27. The number of rotatable bonds is 6. The number of nitrogens with one attached hydrogen (secondary N) is 1. The molecule has 0 amide bonds. The first-order chi connectivity index (χ1) is 10.0. The van der Waals surface area contributed by atoms with Gasteiger partial charge in [0, 0.05) is 33.2 Å². The minimum Gasteiger partial charge on any atom is -0.374 e. The second-order valence-electron chi connectivity index (χ2n) is 5.32. The van der Waals surface area contributed by atoms with E-state index in [0.29, 0.717) is 31.2 Å². The van der Waals surface area contributed by atoms with Gasteiger partial charge in [0.25, 0.3) is 0 Å². The van der Waals surface area contributed by atoms with Gasteiger partial charge in [-0.15, -0.1) is 0 Å². The van der Waals surface area contributed by atoms with Crippen LogP contribution in [0.25, 0.3) is 0 Å². The van der Waals surface area contributed by atoms with E-state index >= 15 is 0 Å². The first-order valence-electron chi connectivity index (χ1n) is 7.29. The third-order valence-corrected chi connectivity index (χ3v) is 3.53. The molecule has 1 aliphatic heterocycles. The van der Waals surface area contributed by atoms with Crippen LogP contribution in [0.2, 0.25) is 0 Å². The molecule has 1 aliphatic rings. The molecule has 1 unspecified atom stereocenters. The normalized spacial score (nSPS) is 18.7. The molecule has 1 N–H and O–H groups in total. The maximum Gasteiger partial charge on any atom is 0.333 e. The van der Waals surface area contributed by atoms with Gasteiger partial charge in [0.15, 0.2) is 0 Å². The number of nitrogens with zero attached hydrogens (tertiary/aromatic N) is 4. The molecule has 1 saturated heterocycles. The van der Waals surface area contributed by atoms with E-state index in [1.807, 2.05) is 18.9 Å². The van der Waals surface area contributed by atoms with Crippen molar-refractivity contribution in [1.82, 2.24) is 15.1 Å². The lowest BCUT2D eigenvalue weighted by molar-refractivity contribution is -0.384. The van der Waals surface area contributed by atoms with E-state index in [9.17, 15) is 10.1 Å². The molecule has 1 fully saturated rings. The van der Waals surface area contributed by atoms with Crippen LogP contribution < -0.4 is 10.2 Å². The Hall–Kier alpha value is -1.67. The predicted molar refractivity (Wildman–Crippen MR) is 79.8 cm³/mol. The Balaban J connectivity index is 2.24. The van der Waals surface area contributed by atoms with Crippen LogP contribution in [-0.4, -0.2) is 54.1 Å². The van der Waals surface area contributed by atoms with E-state index in [0.717, 1.165) is 19.5 Å². The number of ether oxygens (including phenoxy) is 1. The van der Waals surface area contributed by atoms with Gasteiger partial charge in [0.2, 0.25) is 5.82 Å². The molecule has 21 heavy (non-hydrogen) atoms. The van der Waals surface area contributed by atoms with E-state index < -0.39 is 0 Å². The number of aryl methyl sites for hydroxylation is 2. The third kappa shape index (κ3) is 3.51. The Morgan fingerprint density at radius 1 is 1.62 bits per heavy atom. The summed E-state index contributed by atoms with van der Waals surface area (Å²) in [5, 5.41) is 18.9. The summed E-state index contributed by atoms with van der Waals surface area (Å²) in [7, 11) is 1.85. The molecule has 0 bridgehead atoms. The lowest BCUT2D eigenvalue weighted by Gasteiger charge is -2.28. The summed E-state index contributed by atoms with van der Waals surface area (Å²) < 4.78 is 7.40. The van der Waals surface area contributed by atoms with Crippen molar-refractivity contribution in [2.24, 2.45) is 0 Å². The molecule has 0 radical (unpaired) electrons. The molecule has 0 spiro atoms. The molecular formula is C13H23N5O3. The zero-order valence-corrected chi connectivity index (χ0v) is 12.8. The molecule has 8 nitrogen and oxygen atoms in total. The largest absolute Gasteiger partial charge is 0.374 e. The van der Waals surface area contributed by atoms with E-state index in [4.69, 9.17) is 4.74 Å². The summed E-state index contributed by atoms with van der Waals surface area (Å²) in [5.74, 6) is 0.563. The zero-order valence-electron chi connectivity index (χ0n) is 12.8. The van der Waals surface area contributed by atoms with Crippen LogP contribution in [0.4, 0.5) is 11.5 Å². The van der Waals surface area contributed by atoms with Crippen LogP contribution in [0, 0.1) is 17.0 Å². The van der Waals surface area contributed by atoms with E-state index in [2.05, 4.69) is 10.4 Å². The van der Waals surface area contributed by atoms with Gasteiger partial charge in [-0.1, -0.05) is 6.92 Å². The number of hydrogen-bond acceptors (Lipinski definition) is 6. The van der Waals surface area contributed by atoms with Gasteiger partial charge < -0.3 is 15.0 Å². The standard InChI is InChI=1S/C13H23N5O3/c1-4-6-17-13(12(18(19)20)10(2)15-17)16(3)9-11-8-14-5-7-21-11/h11,14H,4-9H2,1-3H3. The van der Waals surface area contributed by atoms with Crippen molar-refractivity contribution in [2.45, 2.75) is 32.9 Å². The number of aromatic nitrogens is 2. The highest BCUT2D eigenvalue weighted by molar-refractivity contribution is 5.61. The van der Waals surface area contributed by atoms with Crippen molar-refractivity contribution in [3.8, 4) is 0 Å². The lowest BCUT2D eigenvalue weighted by atomic mass is 10.2. The number of morpholine rings is 1. The summed E-state index contributed by atoms with van der Waals surface area (Å²) in [6.07, 6.45) is 0.911. The van der Waals surface area contributed by atoms with Crippen molar-refractivity contribution in [1.29, 1.82) is 0 Å². The average Bonchev–Trinajstić information content (AvgIpc) is 2.77. The lowest BCUT2D eigenvalue weighted by Crippen LogP contribution is -2.44. The summed E-state index contributed by atoms with van der Waals surface area (Å²) in [4.78, 5) is 12.9. The fourth-order valence-corrected chi connectivity index (χ4v) is 2.65. The van der Waals surface area contributed by atoms with Crippen LogP contribution >= 0.6 is 0 Å². The topological polar surface area (TPSA) is 85.5 Å². The van der Waals surface area contributed by atoms with E-state index in [1.54, 1.807) is 11.6 Å². The summed E-state index contributed by atoms with van der Waals surface area (Å²) in [5.41, 5.74) is 0.549. The molecular weight excluding hydrogens is 274 g/mol. The van der Waals surface area contributed by atoms with Crippen LogP contribution in [0.15, 0.2) is 0 Å². The molecule has 2 heterocycles. The molecule has 2 rings (SSSR count). The molecule has 1 aromatic heterocycles. The van der Waals surface area contributed by atoms with E-state index in [-0.39, 0.29) is 16.7 Å². The second-order valence-corrected chi connectivity index (χ2v) is 5.32. The Morgan fingerprint density at radius 2 is 2.38 bits per heavy atom. The minimum absolute atomic E-state index is 0.0358. The maximum atomic E-state index is 11.3. The van der Waals surface area contributed by atoms with Gasteiger partial charge in [-0.05, 0) is 13.3 Å². The monoisotopic (exact) mass is 297 g/mol. The Labute approximate surface area is 124 Å². The molecule has 0 aromatic carbocycles. The van der Waals surface area contributed by atoms with E-state index in [1.165, 1.54) is 0 Å². The molecule has 1 aromatic rings. The first-order valence-corrected chi connectivity index (χ1v) is 7.29. The quantitative estimate of drug-likeness (QED) is 0.621. The van der Waals surface area contributed by atoms with Crippen molar-refractivity contribution in [3.63, 3.8) is 0 Å².